The summed E-state index contributed by atoms with van der Waals surface area (Å²) in [5.74, 6) is -0.610. The van der Waals surface area contributed by atoms with Gasteiger partial charge in [-0.1, -0.05) is 25.4 Å². The fourth-order valence-electron chi connectivity index (χ4n) is 1.64. The summed E-state index contributed by atoms with van der Waals surface area (Å²) in [5.41, 5.74) is 11.8. The molecule has 0 atom stereocenters. The van der Waals surface area contributed by atoms with Gasteiger partial charge in [0.05, 0.1) is 17.1 Å². The lowest BCUT2D eigenvalue weighted by Gasteiger charge is -2.26. The van der Waals surface area contributed by atoms with E-state index in [1.807, 2.05) is 0 Å². The minimum absolute atomic E-state index is 0.0528. The molecule has 0 aliphatic rings. The molecule has 0 fully saturated rings. The summed E-state index contributed by atoms with van der Waals surface area (Å²) in [6, 6.07) is 1.45. The zero-order valence-electron chi connectivity index (χ0n) is 11.5. The quantitative estimate of drug-likeness (QED) is 0.704. The van der Waals surface area contributed by atoms with E-state index >= 15 is 0 Å². The van der Waals surface area contributed by atoms with Crippen molar-refractivity contribution in [2.45, 2.75) is 20.3 Å². The number of anilines is 3. The minimum Gasteiger partial charge on any atom is -0.397 e. The standard InChI is InChI=1S/C13H21ClFN3O/c1-13(2,4-5-19-3)7-18-12-9(17)6-8(16)10(14)11(12)15/h6,18H,4-5,7,16-17H2,1-3H3. The molecule has 19 heavy (non-hydrogen) atoms. The van der Waals surface area contributed by atoms with Gasteiger partial charge < -0.3 is 21.5 Å². The number of methoxy groups -OCH3 is 1. The highest BCUT2D eigenvalue weighted by Gasteiger charge is 2.20. The Hall–Kier alpha value is -1.20. The van der Waals surface area contributed by atoms with Crippen LogP contribution in [-0.4, -0.2) is 20.3 Å². The molecule has 0 aliphatic carbocycles. The van der Waals surface area contributed by atoms with E-state index in [0.29, 0.717) is 13.2 Å². The van der Waals surface area contributed by atoms with Crippen LogP contribution in [0.5, 0.6) is 0 Å². The van der Waals surface area contributed by atoms with Crippen LogP contribution in [0.1, 0.15) is 20.3 Å². The first-order chi connectivity index (χ1) is 8.78. The number of rotatable bonds is 6. The molecule has 108 valence electrons. The monoisotopic (exact) mass is 289 g/mol. The summed E-state index contributed by atoms with van der Waals surface area (Å²) in [7, 11) is 1.65. The van der Waals surface area contributed by atoms with Crippen LogP contribution in [0.15, 0.2) is 6.07 Å². The second kappa shape index (κ2) is 6.30. The fourth-order valence-corrected chi connectivity index (χ4v) is 1.79. The highest BCUT2D eigenvalue weighted by molar-refractivity contribution is 6.33. The molecule has 0 saturated heterocycles. The van der Waals surface area contributed by atoms with Crippen LogP contribution in [0.25, 0.3) is 0 Å². The van der Waals surface area contributed by atoms with Gasteiger partial charge in [-0.15, -0.1) is 0 Å². The Kier molecular flexibility index (Phi) is 5.26. The lowest BCUT2D eigenvalue weighted by atomic mass is 9.89. The Morgan fingerprint density at radius 1 is 1.37 bits per heavy atom. The van der Waals surface area contributed by atoms with Gasteiger partial charge in [0.25, 0.3) is 0 Å². The van der Waals surface area contributed by atoms with Gasteiger partial charge in [0.1, 0.15) is 5.02 Å². The van der Waals surface area contributed by atoms with Crippen molar-refractivity contribution in [1.29, 1.82) is 0 Å². The fraction of sp³-hybridized carbons (Fsp3) is 0.538. The lowest BCUT2D eigenvalue weighted by Crippen LogP contribution is -2.25. The van der Waals surface area contributed by atoms with Gasteiger partial charge in [-0.3, -0.25) is 0 Å². The molecule has 0 unspecified atom stereocenters. The Morgan fingerprint density at radius 3 is 2.58 bits per heavy atom. The molecule has 0 bridgehead atoms. The molecule has 5 N–H and O–H groups in total. The van der Waals surface area contributed by atoms with Crippen molar-refractivity contribution in [2.75, 3.05) is 37.0 Å². The van der Waals surface area contributed by atoms with Gasteiger partial charge in [-0.25, -0.2) is 4.39 Å². The van der Waals surface area contributed by atoms with Gasteiger partial charge >= 0.3 is 0 Å². The van der Waals surface area contributed by atoms with Gasteiger partial charge in [0.15, 0.2) is 5.82 Å². The topological polar surface area (TPSA) is 73.3 Å². The number of ether oxygens (including phenoxy) is 1. The molecule has 0 aliphatic heterocycles. The van der Waals surface area contributed by atoms with E-state index in [0.717, 1.165) is 6.42 Å². The average molecular weight is 290 g/mol. The third-order valence-electron chi connectivity index (χ3n) is 2.99. The molecular formula is C13H21ClFN3O. The van der Waals surface area contributed by atoms with E-state index in [9.17, 15) is 4.39 Å². The van der Waals surface area contributed by atoms with E-state index in [4.69, 9.17) is 27.8 Å². The third kappa shape index (κ3) is 4.14. The maximum atomic E-state index is 14.0. The van der Waals surface area contributed by atoms with Crippen molar-refractivity contribution in [2.24, 2.45) is 5.41 Å². The van der Waals surface area contributed by atoms with Gasteiger partial charge in [-0.2, -0.15) is 0 Å². The molecule has 1 aromatic rings. The van der Waals surface area contributed by atoms with E-state index in [1.54, 1.807) is 7.11 Å². The summed E-state index contributed by atoms with van der Waals surface area (Å²) in [4.78, 5) is 0. The van der Waals surface area contributed by atoms with Crippen molar-refractivity contribution in [3.63, 3.8) is 0 Å². The molecule has 1 rings (SSSR count). The zero-order chi connectivity index (χ0) is 14.6. The second-order valence-corrected chi connectivity index (χ2v) is 5.70. The number of hydrogen-bond acceptors (Lipinski definition) is 4. The van der Waals surface area contributed by atoms with E-state index in [2.05, 4.69) is 19.2 Å². The van der Waals surface area contributed by atoms with Crippen molar-refractivity contribution in [3.05, 3.63) is 16.9 Å². The van der Waals surface area contributed by atoms with Crippen molar-refractivity contribution < 1.29 is 9.13 Å². The van der Waals surface area contributed by atoms with Crippen LogP contribution >= 0.6 is 11.6 Å². The van der Waals surface area contributed by atoms with Crippen LogP contribution < -0.4 is 16.8 Å². The first-order valence-electron chi connectivity index (χ1n) is 6.04. The maximum absolute atomic E-state index is 14.0. The third-order valence-corrected chi connectivity index (χ3v) is 3.38. The molecule has 4 nitrogen and oxygen atoms in total. The van der Waals surface area contributed by atoms with Crippen LogP contribution in [0, 0.1) is 11.2 Å². The minimum atomic E-state index is -0.610. The highest BCUT2D eigenvalue weighted by atomic mass is 35.5. The van der Waals surface area contributed by atoms with Crippen LogP contribution in [-0.2, 0) is 4.74 Å². The number of nitrogens with two attached hydrogens (primary N) is 2. The molecule has 6 heteroatoms. The Labute approximate surface area is 118 Å². The SMILES string of the molecule is COCCC(C)(C)CNc1c(N)cc(N)c(Cl)c1F. The lowest BCUT2D eigenvalue weighted by molar-refractivity contribution is 0.157. The Balaban J connectivity index is 2.81. The first kappa shape index (κ1) is 15.9. The number of benzene rings is 1. The van der Waals surface area contributed by atoms with E-state index < -0.39 is 5.82 Å². The summed E-state index contributed by atoms with van der Waals surface area (Å²) in [5, 5.41) is 2.90. The van der Waals surface area contributed by atoms with Gasteiger partial charge in [0, 0.05) is 20.3 Å². The van der Waals surface area contributed by atoms with Crippen LogP contribution in [0.2, 0.25) is 5.02 Å². The summed E-state index contributed by atoms with van der Waals surface area (Å²) < 4.78 is 19.0. The normalized spacial score (nSPS) is 11.6. The van der Waals surface area contributed by atoms with Crippen LogP contribution in [0.3, 0.4) is 0 Å². The Morgan fingerprint density at radius 2 is 2.00 bits per heavy atom. The molecule has 0 amide bonds. The predicted octanol–water partition coefficient (Wildman–Crippen LogP) is 3.12. The maximum Gasteiger partial charge on any atom is 0.169 e. The second-order valence-electron chi connectivity index (χ2n) is 5.32. The van der Waals surface area contributed by atoms with Gasteiger partial charge in [0.2, 0.25) is 0 Å². The van der Waals surface area contributed by atoms with Gasteiger partial charge in [-0.05, 0) is 17.9 Å². The van der Waals surface area contributed by atoms with E-state index in [-0.39, 0.29) is 27.5 Å². The zero-order valence-corrected chi connectivity index (χ0v) is 12.3. The molecule has 0 aromatic heterocycles. The van der Waals surface area contributed by atoms with E-state index in [1.165, 1.54) is 6.07 Å². The number of halogens is 2. The number of nitrogens with one attached hydrogen (secondary N) is 1. The molecule has 0 spiro atoms. The molecular weight excluding hydrogens is 269 g/mol. The van der Waals surface area contributed by atoms with Crippen LogP contribution in [0.4, 0.5) is 21.5 Å². The van der Waals surface area contributed by atoms with Crippen molar-refractivity contribution in [3.8, 4) is 0 Å². The summed E-state index contributed by atoms with van der Waals surface area (Å²) in [6.45, 7) is 5.32. The predicted molar refractivity (Wildman–Crippen MR) is 79.0 cm³/mol. The van der Waals surface area contributed by atoms with Crippen molar-refractivity contribution in [1.82, 2.24) is 0 Å². The first-order valence-corrected chi connectivity index (χ1v) is 6.42. The smallest absolute Gasteiger partial charge is 0.169 e. The average Bonchev–Trinajstić information content (AvgIpc) is 2.33. The molecule has 1 aromatic carbocycles. The summed E-state index contributed by atoms with van der Waals surface area (Å²) in [6.07, 6.45) is 0.848. The Bertz CT molecular complexity index is 452. The summed E-state index contributed by atoms with van der Waals surface area (Å²) >= 11 is 5.77. The number of nitrogen functional groups attached to an aromatic ring is 2. The largest absolute Gasteiger partial charge is 0.397 e. The number of hydrogen-bond donors (Lipinski definition) is 3. The highest BCUT2D eigenvalue weighted by Crippen LogP contribution is 2.34. The molecule has 0 radical (unpaired) electrons. The van der Waals surface area contributed by atoms with Crippen molar-refractivity contribution >= 4 is 28.7 Å². The molecule has 0 saturated carbocycles. The molecule has 0 heterocycles.